The normalized spacial score (nSPS) is 11.5. The van der Waals surface area contributed by atoms with Gasteiger partial charge in [-0.05, 0) is 24.3 Å². The van der Waals surface area contributed by atoms with Gasteiger partial charge in [-0.3, -0.25) is 77.3 Å². The lowest BCUT2D eigenvalue weighted by atomic mass is 10.1. The van der Waals surface area contributed by atoms with Crippen LogP contribution in [0.1, 0.15) is 56.4 Å². The van der Waals surface area contributed by atoms with Crippen LogP contribution < -0.4 is 9.47 Å². The maximum atomic E-state index is 12.1. The van der Waals surface area contributed by atoms with Crippen LogP contribution in [0.25, 0.3) is 0 Å². The summed E-state index contributed by atoms with van der Waals surface area (Å²) in [7, 11) is 6.31. The van der Waals surface area contributed by atoms with Crippen LogP contribution in [-0.2, 0) is 167 Å². The van der Waals surface area contributed by atoms with E-state index >= 15 is 0 Å². The number of nitrogens with zero attached hydrogens (tertiary/aromatic N) is 12. The van der Waals surface area contributed by atoms with E-state index in [4.69, 9.17) is 85.3 Å². The molecule has 0 radical (unpaired) electrons. The Balaban J connectivity index is 1.71. The summed E-state index contributed by atoms with van der Waals surface area (Å²) >= 11 is 0. The monoisotopic (exact) mass is 1810 g/mol. The molecule has 0 aliphatic rings. The van der Waals surface area contributed by atoms with Gasteiger partial charge in [0.15, 0.2) is 0 Å². The van der Waals surface area contributed by atoms with Gasteiger partial charge in [-0.25, -0.2) is 0 Å². The van der Waals surface area contributed by atoms with Crippen LogP contribution >= 0.6 is 0 Å². The number of aliphatic carboxylic acids is 8. The van der Waals surface area contributed by atoms with Crippen molar-refractivity contribution in [1.82, 2.24) is 59.6 Å². The van der Waals surface area contributed by atoms with Crippen LogP contribution in [0.5, 0.6) is 11.5 Å². The van der Waals surface area contributed by atoms with Crippen molar-refractivity contribution >= 4 is 47.8 Å². The van der Waals surface area contributed by atoms with Gasteiger partial charge in [-0.2, -0.15) is 0 Å². The van der Waals surface area contributed by atoms with Crippen LogP contribution in [0, 0.1) is 35.5 Å². The van der Waals surface area contributed by atoms with Crippen molar-refractivity contribution in [2.24, 2.45) is 11.8 Å². The summed E-state index contributed by atoms with van der Waals surface area (Å²) < 4.78 is 106. The van der Waals surface area contributed by atoms with E-state index in [1.165, 1.54) is 36.4 Å². The summed E-state index contributed by atoms with van der Waals surface area (Å²) in [5.41, 5.74) is 1.06. The van der Waals surface area contributed by atoms with Gasteiger partial charge in [0.1, 0.15) is 36.1 Å². The zero-order valence-electron chi connectivity index (χ0n) is 72.4. The number of hydrogen-bond acceptors (Lipinski definition) is 36. The van der Waals surface area contributed by atoms with Crippen LogP contribution in [-0.4, -0.2) is 414 Å². The number of carboxylic acid groups (broad SMARTS) is 8. The molecule has 0 atom stereocenters. The maximum absolute atomic E-state index is 12.1. The van der Waals surface area contributed by atoms with E-state index in [9.17, 15) is 79.2 Å². The SMILES string of the molecule is COCCOCCOCCOCC(COCCOCCOCCOC)Cn1cc(COc2cc(C#Cc3cc(CN(CC(=O)O)CC(=O)O)nc(CN(CC(=O)O)CC(=O)O)c3)c(OCc3cn(CC(COCCOCCOCCOC)COCCOCCOCCOC)nn3)cc2C#Cc2cc(CN(CC(=O)O)CC(=O)O)nc(CN(CC(=O)O)CC(=O)O)c2)nn1. The standard InChI is InChI=1S/C82H118N12O34/c1-111-9-13-115-17-21-119-25-29-123-55-63(56-124-30-26-120-22-18-116-14-10-112-2)39-93-45-71(85-87-93)59-127-73-37-66(8-6-62-35-69(43-91(51-79(103)104)52-80(105)106)84-70(36-62)44-92(53-81(107)108)54-82(109)110)74(38-65(73)7-5-61-33-67(41-89(47-75(95)96)48-76(97)98)83-68(34-61)42-90(49-77(99)100)50-78(101)102)128-60-72-46-94(88-86-72)40-64(57-125-31-27-121-23-19-117-15-11-113-3)58-126-32-28-122-24-20-118-16-12-114-4/h33-38,45-46,63-64H,9-32,39-44,47-60H2,1-4H3,(H,95,96)(H,97,98)(H,99,100)(H,101,102)(H,103,104)(H,105,106)(H,107,108)(H,109,110). The average Bonchev–Trinajstić information content (AvgIpc) is 1.01. The largest absolute Gasteiger partial charge is 0.486 e. The lowest BCUT2D eigenvalue weighted by Crippen LogP contribution is -2.35. The number of carbonyl (C=O) groups is 8. The van der Waals surface area contributed by atoms with E-state index in [0.717, 1.165) is 19.6 Å². The molecule has 710 valence electrons. The number of hydrogen-bond donors (Lipinski definition) is 8. The Kier molecular flexibility index (Phi) is 55.6. The van der Waals surface area contributed by atoms with Crippen molar-refractivity contribution in [3.05, 3.63) is 105 Å². The minimum absolute atomic E-state index is 0.0147. The Morgan fingerprint density at radius 2 is 0.523 bits per heavy atom. The summed E-state index contributed by atoms with van der Waals surface area (Å²) in [4.78, 5) is 110. The smallest absolute Gasteiger partial charge is 0.317 e. The number of pyridine rings is 2. The molecule has 46 heteroatoms. The molecule has 0 spiro atoms. The predicted molar refractivity (Wildman–Crippen MR) is 442 cm³/mol. The summed E-state index contributed by atoms with van der Waals surface area (Å²) in [6.45, 7) is 1.05. The van der Waals surface area contributed by atoms with Gasteiger partial charge in [0.2, 0.25) is 0 Å². The molecule has 0 fully saturated rings. The van der Waals surface area contributed by atoms with Crippen LogP contribution in [0.4, 0.5) is 0 Å². The highest BCUT2D eigenvalue weighted by atomic mass is 16.6. The number of methoxy groups -OCH3 is 4. The van der Waals surface area contributed by atoms with E-state index < -0.39 is 126 Å². The summed E-state index contributed by atoms with van der Waals surface area (Å²) in [5, 5.41) is 96.4. The van der Waals surface area contributed by atoms with Crippen molar-refractivity contribution in [3.8, 4) is 35.2 Å². The number of rotatable bonds is 78. The van der Waals surface area contributed by atoms with Crippen molar-refractivity contribution in [3.63, 3.8) is 0 Å². The number of carboxylic acids is 8. The molecule has 0 amide bonds. The second-order valence-electron chi connectivity index (χ2n) is 28.1. The number of ether oxygens (including phenoxy) is 18. The van der Waals surface area contributed by atoms with Crippen molar-refractivity contribution < 1.29 is 164 Å². The lowest BCUT2D eigenvalue weighted by molar-refractivity contribution is -0.144. The third-order valence-corrected chi connectivity index (χ3v) is 17.0. The van der Waals surface area contributed by atoms with Crippen LogP contribution in [0.15, 0.2) is 48.8 Å². The molecule has 0 aliphatic carbocycles. The lowest BCUT2D eigenvalue weighted by Gasteiger charge is -2.20. The molecular formula is C82H118N12O34. The fourth-order valence-corrected chi connectivity index (χ4v) is 11.6. The Labute approximate surface area is 739 Å². The zero-order chi connectivity index (χ0) is 92.7. The summed E-state index contributed by atoms with van der Waals surface area (Å²) in [6, 6.07) is 8.60. The number of aromatic nitrogens is 8. The molecule has 1 aromatic carbocycles. The minimum atomic E-state index is -1.38. The molecule has 5 rings (SSSR count). The molecule has 5 aromatic rings. The van der Waals surface area contributed by atoms with Gasteiger partial charge in [-0.15, -0.1) is 10.2 Å². The van der Waals surface area contributed by atoms with Crippen molar-refractivity contribution in [1.29, 1.82) is 0 Å². The predicted octanol–water partition coefficient (Wildman–Crippen LogP) is -0.481. The highest BCUT2D eigenvalue weighted by molar-refractivity contribution is 5.75. The van der Waals surface area contributed by atoms with E-state index in [0.29, 0.717) is 106 Å². The average molecular weight is 1820 g/mol. The quantitative estimate of drug-likeness (QED) is 0.0180. The fourth-order valence-electron chi connectivity index (χ4n) is 11.6. The van der Waals surface area contributed by atoms with Gasteiger partial charge in [0.05, 0.1) is 284 Å². The first kappa shape index (κ1) is 108. The molecule has 0 bridgehead atoms. The van der Waals surface area contributed by atoms with Crippen LogP contribution in [0.2, 0.25) is 0 Å². The van der Waals surface area contributed by atoms with Gasteiger partial charge in [0.25, 0.3) is 0 Å². The van der Waals surface area contributed by atoms with E-state index in [1.54, 1.807) is 50.2 Å². The molecule has 4 heterocycles. The van der Waals surface area contributed by atoms with Gasteiger partial charge >= 0.3 is 47.8 Å². The first-order chi connectivity index (χ1) is 61.9. The summed E-state index contributed by atoms with van der Waals surface area (Å²) in [5.74, 6) is 0.659. The minimum Gasteiger partial charge on any atom is -0.486 e. The Hall–Kier alpha value is -10.5. The highest BCUT2D eigenvalue weighted by Crippen LogP contribution is 2.31. The van der Waals surface area contributed by atoms with Gasteiger partial charge in [0, 0.05) is 103 Å². The maximum Gasteiger partial charge on any atom is 0.317 e. The fraction of sp³-hybridized carbons (Fsp3) is 0.610. The first-order valence-corrected chi connectivity index (χ1v) is 40.6. The third-order valence-electron chi connectivity index (χ3n) is 17.0. The Morgan fingerprint density at radius 1 is 0.305 bits per heavy atom. The Bertz CT molecular complexity index is 3730. The second-order valence-corrected chi connectivity index (χ2v) is 28.1. The molecule has 0 saturated carbocycles. The molecule has 4 aromatic heterocycles. The zero-order valence-corrected chi connectivity index (χ0v) is 72.4. The second kappa shape index (κ2) is 65.9. The van der Waals surface area contributed by atoms with Crippen molar-refractivity contribution in [2.45, 2.75) is 52.5 Å². The molecular weight excluding hydrogens is 1700 g/mol. The molecule has 0 unspecified atom stereocenters. The molecule has 128 heavy (non-hydrogen) atoms. The van der Waals surface area contributed by atoms with Gasteiger partial charge < -0.3 is 126 Å². The molecule has 46 nitrogen and oxygen atoms in total. The molecule has 0 saturated heterocycles. The van der Waals surface area contributed by atoms with Gasteiger partial charge in [-0.1, -0.05) is 34.1 Å². The van der Waals surface area contributed by atoms with Crippen molar-refractivity contribution in [2.75, 3.05) is 266 Å². The highest BCUT2D eigenvalue weighted by Gasteiger charge is 2.24. The van der Waals surface area contributed by atoms with Crippen LogP contribution in [0.3, 0.4) is 0 Å². The summed E-state index contributed by atoms with van der Waals surface area (Å²) in [6.07, 6.45) is 3.25. The number of benzene rings is 1. The van der Waals surface area contributed by atoms with E-state index in [1.807, 2.05) is 0 Å². The molecule has 0 aliphatic heterocycles. The van der Waals surface area contributed by atoms with E-state index in [2.05, 4.69) is 54.3 Å². The third kappa shape index (κ3) is 51.5. The Morgan fingerprint density at radius 3 is 0.742 bits per heavy atom. The van der Waals surface area contributed by atoms with E-state index in [-0.39, 0.29) is 185 Å². The first-order valence-electron chi connectivity index (χ1n) is 40.6. The molecule has 8 N–H and O–H groups in total. The topological polar surface area (TPSA) is 565 Å².